The minimum absolute atomic E-state index is 0.0820. The lowest BCUT2D eigenvalue weighted by molar-refractivity contribution is 0.172. The first-order valence-electron chi connectivity index (χ1n) is 7.59. The molecule has 0 aliphatic carbocycles. The predicted molar refractivity (Wildman–Crippen MR) is 85.1 cm³/mol. The van der Waals surface area contributed by atoms with E-state index in [1.54, 1.807) is 0 Å². The number of likely N-dealkylation sites (N-methyl/N-ethyl adjacent to an activating group) is 1. The lowest BCUT2D eigenvalue weighted by Gasteiger charge is -2.23. The highest BCUT2D eigenvalue weighted by Gasteiger charge is 2.10. The van der Waals surface area contributed by atoms with Crippen molar-refractivity contribution in [3.8, 4) is 0 Å². The van der Waals surface area contributed by atoms with Gasteiger partial charge in [0.1, 0.15) is 5.82 Å². The molecule has 2 unspecified atom stereocenters. The highest BCUT2D eigenvalue weighted by atomic mass is 19.1. The van der Waals surface area contributed by atoms with Crippen molar-refractivity contribution in [2.24, 2.45) is 0 Å². The Morgan fingerprint density at radius 2 is 1.95 bits per heavy atom. The molecule has 0 radical (unpaired) electrons. The van der Waals surface area contributed by atoms with E-state index in [4.69, 9.17) is 0 Å². The summed E-state index contributed by atoms with van der Waals surface area (Å²) in [5.41, 5.74) is 0.568. The van der Waals surface area contributed by atoms with Gasteiger partial charge in [0.25, 0.3) is 0 Å². The first-order chi connectivity index (χ1) is 10.4. The average molecular weight is 311 g/mol. The maximum Gasteiger partial charge on any atom is 0.314 e. The summed E-state index contributed by atoms with van der Waals surface area (Å²) in [5.74, 6) is -0.355. The minimum atomic E-state index is -0.853. The fourth-order valence-corrected chi connectivity index (χ4v) is 1.93. The summed E-state index contributed by atoms with van der Waals surface area (Å²) in [6.07, 6.45) is 0.209. The van der Waals surface area contributed by atoms with Crippen LogP contribution >= 0.6 is 0 Å². The van der Waals surface area contributed by atoms with Crippen LogP contribution in [-0.2, 0) is 0 Å². The quantitative estimate of drug-likeness (QED) is 0.687. The number of benzene rings is 1. The molecule has 1 aromatic rings. The van der Waals surface area contributed by atoms with Crippen molar-refractivity contribution in [1.82, 2.24) is 15.5 Å². The molecule has 0 aliphatic heterocycles. The monoisotopic (exact) mass is 311 g/mol. The second-order valence-corrected chi connectivity index (χ2v) is 5.44. The van der Waals surface area contributed by atoms with Gasteiger partial charge in [-0.15, -0.1) is 0 Å². The van der Waals surface area contributed by atoms with Crippen molar-refractivity contribution >= 4 is 6.03 Å². The number of amides is 2. The molecule has 22 heavy (non-hydrogen) atoms. The van der Waals surface area contributed by atoms with Crippen LogP contribution in [0.5, 0.6) is 0 Å². The molecule has 2 amide bonds. The Balaban J connectivity index is 2.24. The first-order valence-corrected chi connectivity index (χ1v) is 7.59. The van der Waals surface area contributed by atoms with E-state index < -0.39 is 6.10 Å². The molecular weight excluding hydrogens is 285 g/mol. The number of halogens is 1. The molecule has 2 atom stereocenters. The maximum atomic E-state index is 12.8. The van der Waals surface area contributed by atoms with Gasteiger partial charge in [0.15, 0.2) is 0 Å². The van der Waals surface area contributed by atoms with Crippen LogP contribution in [0.4, 0.5) is 9.18 Å². The third kappa shape index (κ3) is 6.41. The van der Waals surface area contributed by atoms with Crippen LogP contribution in [0.1, 0.15) is 31.9 Å². The van der Waals surface area contributed by atoms with Crippen LogP contribution < -0.4 is 10.6 Å². The molecule has 0 fully saturated rings. The van der Waals surface area contributed by atoms with Crippen LogP contribution in [0.25, 0.3) is 0 Å². The van der Waals surface area contributed by atoms with Gasteiger partial charge in [-0.3, -0.25) is 0 Å². The van der Waals surface area contributed by atoms with Gasteiger partial charge in [-0.1, -0.05) is 19.1 Å². The highest BCUT2D eigenvalue weighted by Crippen LogP contribution is 2.12. The minimum Gasteiger partial charge on any atom is -0.387 e. The standard InChI is InChI=1S/C16H26FN3O2/c1-4-12(2)20(3)10-9-18-16(22)19-11-15(21)13-5-7-14(17)8-6-13/h5-8,12,15,21H,4,9-11H2,1-3H3,(H2,18,19,22). The molecule has 0 saturated heterocycles. The molecule has 0 aliphatic rings. The number of nitrogens with one attached hydrogen (secondary N) is 2. The molecule has 1 rings (SSSR count). The Morgan fingerprint density at radius 3 is 2.55 bits per heavy atom. The van der Waals surface area contributed by atoms with E-state index in [1.807, 2.05) is 7.05 Å². The predicted octanol–water partition coefficient (Wildman–Crippen LogP) is 1.89. The van der Waals surface area contributed by atoms with Crippen molar-refractivity contribution in [2.45, 2.75) is 32.4 Å². The molecule has 0 saturated carbocycles. The Bertz CT molecular complexity index is 453. The van der Waals surface area contributed by atoms with E-state index in [1.165, 1.54) is 24.3 Å². The number of carbonyl (C=O) groups is 1. The van der Waals surface area contributed by atoms with Gasteiger partial charge in [-0.2, -0.15) is 0 Å². The second kappa shape index (κ2) is 9.38. The summed E-state index contributed by atoms with van der Waals surface area (Å²) in [6, 6.07) is 5.72. The van der Waals surface area contributed by atoms with E-state index in [0.29, 0.717) is 18.2 Å². The van der Waals surface area contributed by atoms with Crippen molar-refractivity contribution < 1.29 is 14.3 Å². The number of nitrogens with zero attached hydrogens (tertiary/aromatic N) is 1. The average Bonchev–Trinajstić information content (AvgIpc) is 2.52. The van der Waals surface area contributed by atoms with Gasteiger partial charge >= 0.3 is 6.03 Å². The number of aliphatic hydroxyl groups is 1. The van der Waals surface area contributed by atoms with Gasteiger partial charge in [-0.05, 0) is 38.1 Å². The van der Waals surface area contributed by atoms with E-state index in [2.05, 4.69) is 29.4 Å². The second-order valence-electron chi connectivity index (χ2n) is 5.44. The molecule has 1 aromatic carbocycles. The van der Waals surface area contributed by atoms with Gasteiger partial charge in [0.05, 0.1) is 6.10 Å². The number of urea groups is 1. The van der Waals surface area contributed by atoms with Crippen LogP contribution in [-0.4, -0.2) is 48.8 Å². The molecular formula is C16H26FN3O2. The fraction of sp³-hybridized carbons (Fsp3) is 0.562. The number of rotatable bonds is 8. The summed E-state index contributed by atoms with van der Waals surface area (Å²) in [5, 5.41) is 15.3. The molecule has 3 N–H and O–H groups in total. The van der Waals surface area contributed by atoms with Crippen molar-refractivity contribution in [1.29, 1.82) is 0 Å². The Labute approximate surface area is 131 Å². The zero-order valence-electron chi connectivity index (χ0n) is 13.5. The maximum absolute atomic E-state index is 12.8. The van der Waals surface area contributed by atoms with E-state index in [0.717, 1.165) is 13.0 Å². The van der Waals surface area contributed by atoms with E-state index >= 15 is 0 Å². The zero-order chi connectivity index (χ0) is 16.5. The first kappa shape index (κ1) is 18.4. The van der Waals surface area contributed by atoms with Crippen molar-refractivity contribution in [3.05, 3.63) is 35.6 Å². The lowest BCUT2D eigenvalue weighted by atomic mass is 10.1. The van der Waals surface area contributed by atoms with Crippen LogP contribution in [0.15, 0.2) is 24.3 Å². The van der Waals surface area contributed by atoms with E-state index in [9.17, 15) is 14.3 Å². The largest absolute Gasteiger partial charge is 0.387 e. The van der Waals surface area contributed by atoms with Crippen LogP contribution in [0.3, 0.4) is 0 Å². The molecule has 0 aromatic heterocycles. The summed E-state index contributed by atoms with van der Waals surface area (Å²) >= 11 is 0. The van der Waals surface area contributed by atoms with Crippen LogP contribution in [0, 0.1) is 5.82 Å². The summed E-state index contributed by atoms with van der Waals surface area (Å²) in [7, 11) is 2.02. The zero-order valence-corrected chi connectivity index (χ0v) is 13.5. The Morgan fingerprint density at radius 1 is 1.32 bits per heavy atom. The SMILES string of the molecule is CCC(C)N(C)CCNC(=O)NCC(O)c1ccc(F)cc1. The molecule has 5 nitrogen and oxygen atoms in total. The van der Waals surface area contributed by atoms with Gasteiger partial charge in [-0.25, -0.2) is 9.18 Å². The van der Waals surface area contributed by atoms with E-state index in [-0.39, 0.29) is 18.4 Å². The molecule has 124 valence electrons. The number of carbonyl (C=O) groups excluding carboxylic acids is 1. The van der Waals surface area contributed by atoms with Crippen molar-refractivity contribution in [3.63, 3.8) is 0 Å². The third-order valence-corrected chi connectivity index (χ3v) is 3.80. The normalized spacial score (nSPS) is 13.7. The molecule has 0 heterocycles. The smallest absolute Gasteiger partial charge is 0.314 e. The molecule has 0 bridgehead atoms. The Hall–Kier alpha value is -1.66. The number of hydrogen-bond acceptors (Lipinski definition) is 3. The summed E-state index contributed by atoms with van der Waals surface area (Å²) < 4.78 is 12.8. The van der Waals surface area contributed by atoms with Gasteiger partial charge in [0, 0.05) is 25.7 Å². The van der Waals surface area contributed by atoms with Gasteiger partial charge in [0.2, 0.25) is 0 Å². The lowest BCUT2D eigenvalue weighted by Crippen LogP contribution is -2.42. The van der Waals surface area contributed by atoms with Gasteiger partial charge < -0.3 is 20.6 Å². The molecule has 0 spiro atoms. The number of aliphatic hydroxyl groups excluding tert-OH is 1. The topological polar surface area (TPSA) is 64.6 Å². The third-order valence-electron chi connectivity index (χ3n) is 3.80. The van der Waals surface area contributed by atoms with Crippen LogP contribution in [0.2, 0.25) is 0 Å². The summed E-state index contributed by atoms with van der Waals surface area (Å²) in [4.78, 5) is 13.8. The number of hydrogen-bond donors (Lipinski definition) is 3. The molecule has 6 heteroatoms. The fourth-order valence-electron chi connectivity index (χ4n) is 1.93. The van der Waals surface area contributed by atoms with Crippen molar-refractivity contribution in [2.75, 3.05) is 26.7 Å². The Kier molecular flexibility index (Phi) is 7.84. The summed E-state index contributed by atoms with van der Waals surface area (Å²) in [6.45, 7) is 5.65. The highest BCUT2D eigenvalue weighted by molar-refractivity contribution is 5.73.